The van der Waals surface area contributed by atoms with Crippen molar-refractivity contribution in [3.63, 3.8) is 0 Å². The molecular formula is C11H20FO2P. The third kappa shape index (κ3) is 5.91. The molecular weight excluding hydrogens is 214 g/mol. The maximum Gasteiger partial charge on any atom is 0.234 e. The summed E-state index contributed by atoms with van der Waals surface area (Å²) in [6.07, 6.45) is 1.38. The van der Waals surface area contributed by atoms with Crippen LogP contribution in [0.1, 0.15) is 34.1 Å². The lowest BCUT2D eigenvalue weighted by Crippen LogP contribution is -1.95. The van der Waals surface area contributed by atoms with E-state index in [-0.39, 0.29) is 6.16 Å². The Morgan fingerprint density at radius 1 is 1.40 bits per heavy atom. The second-order valence-corrected chi connectivity index (χ2v) is 6.21. The lowest BCUT2D eigenvalue weighted by atomic mass is 10.1. The van der Waals surface area contributed by atoms with Gasteiger partial charge in [0.05, 0.1) is 0 Å². The smallest absolute Gasteiger partial charge is 0.234 e. The van der Waals surface area contributed by atoms with Gasteiger partial charge in [-0.15, -0.1) is 0 Å². The van der Waals surface area contributed by atoms with Crippen molar-refractivity contribution < 1.29 is 13.8 Å². The molecule has 0 rings (SSSR count). The van der Waals surface area contributed by atoms with Crippen LogP contribution in [0.2, 0.25) is 0 Å². The molecule has 0 saturated heterocycles. The largest absolute Gasteiger partial charge is 0.342 e. The molecule has 0 aliphatic carbocycles. The molecule has 15 heavy (non-hydrogen) atoms. The molecule has 0 aromatic rings. The minimum atomic E-state index is -3.59. The molecule has 0 aliphatic heterocycles. The van der Waals surface area contributed by atoms with Gasteiger partial charge in [-0.25, -0.2) is 4.39 Å². The Balaban J connectivity index is 4.80. The Morgan fingerprint density at radius 3 is 2.27 bits per heavy atom. The molecule has 1 unspecified atom stereocenters. The van der Waals surface area contributed by atoms with Gasteiger partial charge in [-0.3, -0.25) is 4.57 Å². The zero-order valence-electron chi connectivity index (χ0n) is 9.88. The Kier molecular flexibility index (Phi) is 6.07. The molecule has 0 aliphatic rings. The maximum absolute atomic E-state index is 12.2. The van der Waals surface area contributed by atoms with Gasteiger partial charge in [0.15, 0.2) is 6.42 Å². The topological polar surface area (TPSA) is 37.3 Å². The van der Waals surface area contributed by atoms with E-state index in [4.69, 9.17) is 0 Å². The summed E-state index contributed by atoms with van der Waals surface area (Å²) in [7, 11) is -3.59. The quantitative estimate of drug-likeness (QED) is 0.579. The molecule has 0 aromatic carbocycles. The highest BCUT2D eigenvalue weighted by Gasteiger charge is 2.18. The van der Waals surface area contributed by atoms with Crippen molar-refractivity contribution in [1.82, 2.24) is 0 Å². The van der Waals surface area contributed by atoms with Gasteiger partial charge in [-0.05, 0) is 27.2 Å². The van der Waals surface area contributed by atoms with E-state index in [0.29, 0.717) is 6.42 Å². The van der Waals surface area contributed by atoms with Crippen LogP contribution in [0, 0.1) is 0 Å². The SMILES string of the molecule is CC/C(=C\C(C)=C(C)C)CP(=O)(O)CF. The van der Waals surface area contributed by atoms with Crippen molar-refractivity contribution in [3.8, 4) is 0 Å². The van der Waals surface area contributed by atoms with E-state index in [1.807, 2.05) is 33.8 Å². The normalized spacial score (nSPS) is 16.0. The molecule has 0 heterocycles. The molecule has 1 N–H and O–H groups in total. The van der Waals surface area contributed by atoms with Gasteiger partial charge < -0.3 is 4.89 Å². The molecule has 0 spiro atoms. The summed E-state index contributed by atoms with van der Waals surface area (Å²) in [4.78, 5) is 9.20. The zero-order valence-corrected chi connectivity index (χ0v) is 10.8. The first kappa shape index (κ1) is 14.6. The van der Waals surface area contributed by atoms with E-state index >= 15 is 0 Å². The maximum atomic E-state index is 12.2. The van der Waals surface area contributed by atoms with Gasteiger partial charge in [-0.1, -0.05) is 29.7 Å². The van der Waals surface area contributed by atoms with Crippen LogP contribution in [-0.4, -0.2) is 17.5 Å². The van der Waals surface area contributed by atoms with Gasteiger partial charge in [0.25, 0.3) is 0 Å². The van der Waals surface area contributed by atoms with Gasteiger partial charge in [0.2, 0.25) is 7.37 Å². The summed E-state index contributed by atoms with van der Waals surface area (Å²) < 4.78 is 23.4. The van der Waals surface area contributed by atoms with Crippen LogP contribution in [0.15, 0.2) is 22.8 Å². The number of alkyl halides is 1. The lowest BCUT2D eigenvalue weighted by molar-refractivity contribution is 0.445. The van der Waals surface area contributed by atoms with Crippen LogP contribution >= 0.6 is 7.37 Å². The van der Waals surface area contributed by atoms with Crippen LogP contribution in [0.4, 0.5) is 4.39 Å². The van der Waals surface area contributed by atoms with Crippen molar-refractivity contribution in [2.45, 2.75) is 34.1 Å². The zero-order chi connectivity index (χ0) is 12.1. The summed E-state index contributed by atoms with van der Waals surface area (Å²) in [5.74, 6) is 0. The van der Waals surface area contributed by atoms with Crippen molar-refractivity contribution in [2.24, 2.45) is 0 Å². The Morgan fingerprint density at radius 2 is 1.93 bits per heavy atom. The summed E-state index contributed by atoms with van der Waals surface area (Å²) in [6.45, 7) is 7.81. The highest BCUT2D eigenvalue weighted by Crippen LogP contribution is 2.43. The number of rotatable bonds is 5. The number of hydrogen-bond acceptors (Lipinski definition) is 1. The molecule has 1 atom stereocenters. The molecule has 4 heteroatoms. The molecule has 0 amide bonds. The Bertz CT molecular complexity index is 315. The molecule has 0 radical (unpaired) electrons. The van der Waals surface area contributed by atoms with Crippen LogP contribution in [0.25, 0.3) is 0 Å². The van der Waals surface area contributed by atoms with Gasteiger partial charge in [0.1, 0.15) is 0 Å². The summed E-state index contributed by atoms with van der Waals surface area (Å²) >= 11 is 0. The van der Waals surface area contributed by atoms with Gasteiger partial charge in [0, 0.05) is 6.16 Å². The van der Waals surface area contributed by atoms with E-state index in [9.17, 15) is 13.8 Å². The molecule has 88 valence electrons. The first-order chi connectivity index (χ1) is 6.82. The standard InChI is InChI=1S/C11H20FO2P/c1-5-11(6-10(4)9(2)3)7-15(13,14)8-12/h6H,5,7-8H2,1-4H3,(H,13,14)/b11-6+. The molecule has 0 saturated carbocycles. The van der Waals surface area contributed by atoms with Crippen LogP contribution in [0.5, 0.6) is 0 Å². The van der Waals surface area contributed by atoms with Gasteiger partial charge >= 0.3 is 0 Å². The fourth-order valence-corrected chi connectivity index (χ4v) is 2.10. The van der Waals surface area contributed by atoms with Gasteiger partial charge in [-0.2, -0.15) is 0 Å². The highest BCUT2D eigenvalue weighted by molar-refractivity contribution is 7.58. The Labute approximate surface area is 91.3 Å². The number of halogens is 1. The molecule has 0 bridgehead atoms. The predicted octanol–water partition coefficient (Wildman–Crippen LogP) is 3.88. The first-order valence-electron chi connectivity index (χ1n) is 5.02. The van der Waals surface area contributed by atoms with E-state index < -0.39 is 13.8 Å². The molecule has 0 fully saturated rings. The number of allylic oxidation sites excluding steroid dienone is 4. The van der Waals surface area contributed by atoms with E-state index in [1.54, 1.807) is 0 Å². The third-order valence-corrected chi connectivity index (χ3v) is 3.57. The lowest BCUT2D eigenvalue weighted by Gasteiger charge is -2.10. The monoisotopic (exact) mass is 234 g/mol. The minimum Gasteiger partial charge on any atom is -0.342 e. The Hall–Kier alpha value is -0.400. The summed E-state index contributed by atoms with van der Waals surface area (Å²) in [5.41, 5.74) is 3.07. The van der Waals surface area contributed by atoms with E-state index in [0.717, 1.165) is 16.7 Å². The van der Waals surface area contributed by atoms with Crippen molar-refractivity contribution in [3.05, 3.63) is 22.8 Å². The average Bonchev–Trinajstić information content (AvgIpc) is 2.16. The van der Waals surface area contributed by atoms with E-state index in [2.05, 4.69) is 0 Å². The third-order valence-electron chi connectivity index (χ3n) is 2.30. The average molecular weight is 234 g/mol. The minimum absolute atomic E-state index is 0.0371. The molecule has 2 nitrogen and oxygen atoms in total. The summed E-state index contributed by atoms with van der Waals surface area (Å²) in [5, 5.41) is 0. The number of hydrogen-bond donors (Lipinski definition) is 1. The van der Waals surface area contributed by atoms with Crippen molar-refractivity contribution in [1.29, 1.82) is 0 Å². The predicted molar refractivity (Wildman–Crippen MR) is 63.1 cm³/mol. The van der Waals surface area contributed by atoms with Crippen molar-refractivity contribution >= 4 is 7.37 Å². The van der Waals surface area contributed by atoms with Crippen LogP contribution in [0.3, 0.4) is 0 Å². The molecule has 0 aromatic heterocycles. The second-order valence-electron chi connectivity index (χ2n) is 3.96. The summed E-state index contributed by atoms with van der Waals surface area (Å²) in [6, 6.07) is 0. The fourth-order valence-electron chi connectivity index (χ4n) is 1.07. The highest BCUT2D eigenvalue weighted by atomic mass is 31.2. The van der Waals surface area contributed by atoms with Crippen molar-refractivity contribution in [2.75, 3.05) is 12.6 Å². The van der Waals surface area contributed by atoms with Crippen LogP contribution < -0.4 is 0 Å². The van der Waals surface area contributed by atoms with Crippen LogP contribution in [-0.2, 0) is 4.57 Å². The first-order valence-corrected chi connectivity index (χ1v) is 7.05. The fraction of sp³-hybridized carbons (Fsp3) is 0.636. The second kappa shape index (κ2) is 6.24. The van der Waals surface area contributed by atoms with E-state index in [1.165, 1.54) is 0 Å².